The van der Waals surface area contributed by atoms with Gasteiger partial charge in [-0.2, -0.15) is 13.2 Å². The monoisotopic (exact) mass is 355 g/mol. The van der Waals surface area contributed by atoms with Gasteiger partial charge in [-0.1, -0.05) is 0 Å². The van der Waals surface area contributed by atoms with E-state index in [0.29, 0.717) is 28.2 Å². The molecule has 2 aromatic heterocycles. The fourth-order valence-electron chi connectivity index (χ4n) is 2.61. The summed E-state index contributed by atoms with van der Waals surface area (Å²) in [4.78, 5) is 8.14. The molecule has 0 aliphatic rings. The van der Waals surface area contributed by atoms with Gasteiger partial charge in [0.15, 0.2) is 0 Å². The van der Waals surface area contributed by atoms with Crippen molar-refractivity contribution < 1.29 is 17.9 Å². The van der Waals surface area contributed by atoms with Crippen LogP contribution in [-0.4, -0.2) is 14.5 Å². The van der Waals surface area contributed by atoms with Crippen LogP contribution in [-0.2, 0) is 6.18 Å². The van der Waals surface area contributed by atoms with Crippen LogP contribution in [0.1, 0.15) is 5.56 Å². The fourth-order valence-corrected chi connectivity index (χ4v) is 2.61. The molecule has 0 N–H and O–H groups in total. The zero-order valence-corrected chi connectivity index (χ0v) is 13.3. The number of rotatable bonds is 3. The van der Waals surface area contributed by atoms with E-state index in [1.54, 1.807) is 53.4 Å². The highest BCUT2D eigenvalue weighted by molar-refractivity contribution is 5.78. The topological polar surface area (TPSA) is 39.9 Å². The highest BCUT2D eigenvalue weighted by atomic mass is 19.4. The Morgan fingerprint density at radius 3 is 2.42 bits per heavy atom. The zero-order chi connectivity index (χ0) is 18.1. The smallest absolute Gasteiger partial charge is 0.416 e. The van der Waals surface area contributed by atoms with E-state index in [4.69, 9.17) is 4.74 Å². The first kappa shape index (κ1) is 16.1. The highest BCUT2D eigenvalue weighted by Crippen LogP contribution is 2.32. The van der Waals surface area contributed by atoms with Crippen LogP contribution in [0.2, 0.25) is 0 Å². The second-order valence-corrected chi connectivity index (χ2v) is 5.60. The second-order valence-electron chi connectivity index (χ2n) is 5.60. The first-order chi connectivity index (χ1) is 12.5. The summed E-state index contributed by atoms with van der Waals surface area (Å²) in [5, 5.41) is 0. The van der Waals surface area contributed by atoms with Gasteiger partial charge in [-0.15, -0.1) is 0 Å². The summed E-state index contributed by atoms with van der Waals surface area (Å²) in [6.07, 6.45) is 0.345. The predicted molar refractivity (Wildman–Crippen MR) is 90.4 cm³/mol. The van der Waals surface area contributed by atoms with Crippen molar-refractivity contribution in [3.8, 4) is 17.2 Å². The molecule has 0 radical (unpaired) electrons. The van der Waals surface area contributed by atoms with Crippen LogP contribution >= 0.6 is 0 Å². The lowest BCUT2D eigenvalue weighted by molar-refractivity contribution is -0.137. The molecule has 26 heavy (non-hydrogen) atoms. The number of benzene rings is 2. The number of halogens is 3. The lowest BCUT2D eigenvalue weighted by Gasteiger charge is -2.09. The van der Waals surface area contributed by atoms with Crippen molar-refractivity contribution in [2.75, 3.05) is 0 Å². The fraction of sp³-hybridized carbons (Fsp3) is 0.0526. The van der Waals surface area contributed by atoms with E-state index in [2.05, 4.69) is 9.97 Å². The van der Waals surface area contributed by atoms with Crippen molar-refractivity contribution in [2.24, 2.45) is 0 Å². The SMILES string of the molecule is FC(F)(F)c1ccc2ncn(-c3ccc(Oc4cccnc4)cc3)c2c1. The molecule has 0 spiro atoms. The summed E-state index contributed by atoms with van der Waals surface area (Å²) in [5.41, 5.74) is 0.864. The predicted octanol–water partition coefficient (Wildman–Crippen LogP) is 5.23. The third-order valence-corrected chi connectivity index (χ3v) is 3.86. The maximum Gasteiger partial charge on any atom is 0.416 e. The van der Waals surface area contributed by atoms with Crippen LogP contribution in [0.15, 0.2) is 73.3 Å². The molecule has 4 aromatic rings. The van der Waals surface area contributed by atoms with Crippen molar-refractivity contribution in [2.45, 2.75) is 6.18 Å². The molecule has 130 valence electrons. The Morgan fingerprint density at radius 2 is 1.73 bits per heavy atom. The summed E-state index contributed by atoms with van der Waals surface area (Å²) in [6.45, 7) is 0. The van der Waals surface area contributed by atoms with E-state index < -0.39 is 11.7 Å². The first-order valence-electron chi connectivity index (χ1n) is 7.73. The third kappa shape index (κ3) is 3.11. The molecular weight excluding hydrogens is 343 g/mol. The number of fused-ring (bicyclic) bond motifs is 1. The second kappa shape index (κ2) is 6.18. The van der Waals surface area contributed by atoms with Crippen LogP contribution in [0.4, 0.5) is 13.2 Å². The zero-order valence-electron chi connectivity index (χ0n) is 13.3. The van der Waals surface area contributed by atoms with Gasteiger partial charge in [-0.3, -0.25) is 9.55 Å². The molecule has 0 saturated heterocycles. The van der Waals surface area contributed by atoms with Gasteiger partial charge in [0.1, 0.15) is 17.8 Å². The molecule has 0 bridgehead atoms. The molecule has 0 aliphatic carbocycles. The number of ether oxygens (including phenoxy) is 1. The third-order valence-electron chi connectivity index (χ3n) is 3.86. The van der Waals surface area contributed by atoms with Gasteiger partial charge in [0.05, 0.1) is 22.8 Å². The Hall–Kier alpha value is -3.35. The molecule has 0 fully saturated rings. The molecule has 4 rings (SSSR count). The number of nitrogens with zero attached hydrogens (tertiary/aromatic N) is 3. The number of aromatic nitrogens is 3. The maximum absolute atomic E-state index is 13.0. The van der Waals surface area contributed by atoms with E-state index in [-0.39, 0.29) is 0 Å². The summed E-state index contributed by atoms with van der Waals surface area (Å²) in [7, 11) is 0. The van der Waals surface area contributed by atoms with E-state index in [1.165, 1.54) is 12.4 Å². The Bertz CT molecular complexity index is 1040. The minimum absolute atomic E-state index is 0.390. The Labute approximate surface area is 146 Å². The minimum atomic E-state index is -4.40. The normalized spacial score (nSPS) is 11.7. The van der Waals surface area contributed by atoms with Crippen LogP contribution in [0.25, 0.3) is 16.7 Å². The van der Waals surface area contributed by atoms with Gasteiger partial charge < -0.3 is 4.74 Å². The molecule has 2 aromatic carbocycles. The summed E-state index contributed by atoms with van der Waals surface area (Å²) < 4.78 is 46.2. The molecule has 0 atom stereocenters. The van der Waals surface area contributed by atoms with Crippen LogP contribution in [0.5, 0.6) is 11.5 Å². The maximum atomic E-state index is 13.0. The Morgan fingerprint density at radius 1 is 0.923 bits per heavy atom. The van der Waals surface area contributed by atoms with Crippen molar-refractivity contribution in [1.82, 2.24) is 14.5 Å². The van der Waals surface area contributed by atoms with E-state index in [9.17, 15) is 13.2 Å². The van der Waals surface area contributed by atoms with Gasteiger partial charge in [-0.05, 0) is 54.6 Å². The van der Waals surface area contributed by atoms with Crippen molar-refractivity contribution in [1.29, 1.82) is 0 Å². The summed E-state index contributed by atoms with van der Waals surface area (Å²) in [6, 6.07) is 14.0. The first-order valence-corrected chi connectivity index (χ1v) is 7.73. The minimum Gasteiger partial charge on any atom is -0.456 e. The number of hydrogen-bond acceptors (Lipinski definition) is 3. The van der Waals surface area contributed by atoms with Crippen molar-refractivity contribution in [3.05, 3.63) is 78.9 Å². The quantitative estimate of drug-likeness (QED) is 0.505. The number of alkyl halides is 3. The van der Waals surface area contributed by atoms with Gasteiger partial charge in [0, 0.05) is 11.9 Å². The lowest BCUT2D eigenvalue weighted by atomic mass is 10.2. The van der Waals surface area contributed by atoms with Gasteiger partial charge in [0.2, 0.25) is 0 Å². The van der Waals surface area contributed by atoms with Gasteiger partial charge in [0.25, 0.3) is 0 Å². The highest BCUT2D eigenvalue weighted by Gasteiger charge is 2.30. The van der Waals surface area contributed by atoms with E-state index in [1.807, 2.05) is 0 Å². The van der Waals surface area contributed by atoms with Crippen molar-refractivity contribution in [3.63, 3.8) is 0 Å². The molecule has 4 nitrogen and oxygen atoms in total. The standard InChI is InChI=1S/C19H12F3N3O/c20-19(21,22)13-3-8-17-18(10-13)25(12-24-17)14-4-6-15(7-5-14)26-16-2-1-9-23-11-16/h1-12H. The molecule has 2 heterocycles. The molecule has 0 aliphatic heterocycles. The molecule has 0 saturated carbocycles. The Kier molecular flexibility index (Phi) is 3.84. The number of hydrogen-bond donors (Lipinski definition) is 0. The van der Waals surface area contributed by atoms with Crippen molar-refractivity contribution >= 4 is 11.0 Å². The molecule has 0 amide bonds. The van der Waals surface area contributed by atoms with Gasteiger partial charge in [-0.25, -0.2) is 4.98 Å². The summed E-state index contributed by atoms with van der Waals surface area (Å²) in [5.74, 6) is 1.20. The molecule has 7 heteroatoms. The average molecular weight is 355 g/mol. The van der Waals surface area contributed by atoms with Crippen LogP contribution < -0.4 is 4.74 Å². The number of pyridine rings is 1. The van der Waals surface area contributed by atoms with E-state index >= 15 is 0 Å². The molecular formula is C19H12F3N3O. The van der Waals surface area contributed by atoms with Crippen LogP contribution in [0.3, 0.4) is 0 Å². The average Bonchev–Trinajstić information content (AvgIpc) is 3.06. The number of imidazole rings is 1. The summed E-state index contributed by atoms with van der Waals surface area (Å²) >= 11 is 0. The lowest BCUT2D eigenvalue weighted by Crippen LogP contribution is -2.04. The van der Waals surface area contributed by atoms with Crippen LogP contribution in [0, 0.1) is 0 Å². The Balaban J connectivity index is 1.67. The largest absolute Gasteiger partial charge is 0.456 e. The van der Waals surface area contributed by atoms with E-state index in [0.717, 1.165) is 12.1 Å². The molecule has 0 unspecified atom stereocenters. The van der Waals surface area contributed by atoms with Gasteiger partial charge >= 0.3 is 6.18 Å².